The van der Waals surface area contributed by atoms with Crippen LogP contribution in [0.2, 0.25) is 0 Å². The van der Waals surface area contributed by atoms with Gasteiger partial charge in [-0.2, -0.15) is 0 Å². The summed E-state index contributed by atoms with van der Waals surface area (Å²) < 4.78 is 19.0. The molecule has 0 unspecified atom stereocenters. The van der Waals surface area contributed by atoms with Gasteiger partial charge in [0.25, 0.3) is 0 Å². The average molecular weight is 425 g/mol. The van der Waals surface area contributed by atoms with Crippen molar-refractivity contribution in [2.75, 3.05) is 6.54 Å². The van der Waals surface area contributed by atoms with Crippen LogP contribution in [-0.2, 0) is 20.9 Å². The lowest BCUT2D eigenvalue weighted by Crippen LogP contribution is -2.35. The quantitative estimate of drug-likeness (QED) is 0.689. The van der Waals surface area contributed by atoms with Gasteiger partial charge in [0.05, 0.1) is 11.8 Å². The standard InChI is InChI=1S/C23H24FN3O4/c24-16-6-3-7-17(13-16)31-21-15(5-4-11-25-21)14-26-20(28)10-12-27-22(29)18-8-1-2-9-19(18)23(27)30/h3-7,11,13,18-19H,1-2,8-10,12,14H2,(H,26,28)/t18-,19-/m1/s1. The van der Waals surface area contributed by atoms with Crippen LogP contribution in [-0.4, -0.2) is 34.2 Å². The Balaban J connectivity index is 1.31. The maximum absolute atomic E-state index is 13.4. The number of benzene rings is 1. The van der Waals surface area contributed by atoms with Gasteiger partial charge < -0.3 is 10.1 Å². The van der Waals surface area contributed by atoms with Gasteiger partial charge >= 0.3 is 0 Å². The lowest BCUT2D eigenvalue weighted by Gasteiger charge is -2.19. The van der Waals surface area contributed by atoms with Crippen molar-refractivity contribution in [2.45, 2.75) is 38.6 Å². The second-order valence-corrected chi connectivity index (χ2v) is 7.88. The summed E-state index contributed by atoms with van der Waals surface area (Å²) in [6, 6.07) is 9.17. The van der Waals surface area contributed by atoms with Crippen LogP contribution in [0.3, 0.4) is 0 Å². The van der Waals surface area contributed by atoms with E-state index in [0.717, 1.165) is 25.7 Å². The van der Waals surface area contributed by atoms with Crippen LogP contribution < -0.4 is 10.1 Å². The van der Waals surface area contributed by atoms with Crippen LogP contribution in [0.15, 0.2) is 42.6 Å². The Hall–Kier alpha value is -3.29. The van der Waals surface area contributed by atoms with Crippen molar-refractivity contribution in [1.82, 2.24) is 15.2 Å². The number of nitrogens with zero attached hydrogens (tertiary/aromatic N) is 2. The van der Waals surface area contributed by atoms with Gasteiger partial charge in [-0.15, -0.1) is 0 Å². The summed E-state index contributed by atoms with van der Waals surface area (Å²) in [7, 11) is 0. The Morgan fingerprint density at radius 2 is 1.87 bits per heavy atom. The summed E-state index contributed by atoms with van der Waals surface area (Å²) in [5.74, 6) is -0.822. The van der Waals surface area contributed by atoms with E-state index in [1.807, 2.05) is 0 Å². The smallest absolute Gasteiger partial charge is 0.233 e. The molecule has 3 amide bonds. The molecule has 1 saturated heterocycles. The van der Waals surface area contributed by atoms with Gasteiger partial charge in [-0.3, -0.25) is 19.3 Å². The molecule has 1 aromatic heterocycles. The van der Waals surface area contributed by atoms with Gasteiger partial charge in [-0.05, 0) is 31.0 Å². The monoisotopic (exact) mass is 425 g/mol. The van der Waals surface area contributed by atoms with E-state index >= 15 is 0 Å². The molecule has 8 heteroatoms. The van der Waals surface area contributed by atoms with Crippen LogP contribution >= 0.6 is 0 Å². The highest BCUT2D eigenvalue weighted by Crippen LogP contribution is 2.38. The van der Waals surface area contributed by atoms with Crippen LogP contribution in [0, 0.1) is 17.7 Å². The van der Waals surface area contributed by atoms with Gasteiger partial charge in [-0.1, -0.05) is 25.0 Å². The van der Waals surface area contributed by atoms with E-state index in [1.54, 1.807) is 24.4 Å². The molecule has 1 aliphatic carbocycles. The minimum atomic E-state index is -0.422. The fraction of sp³-hybridized carbons (Fsp3) is 0.391. The normalized spacial score (nSPS) is 20.5. The third-order valence-corrected chi connectivity index (χ3v) is 5.83. The number of imide groups is 1. The van der Waals surface area contributed by atoms with Crippen LogP contribution in [0.25, 0.3) is 0 Å². The number of pyridine rings is 1. The Morgan fingerprint density at radius 3 is 2.58 bits per heavy atom. The van der Waals surface area contributed by atoms with Gasteiger partial charge in [0.2, 0.25) is 23.6 Å². The van der Waals surface area contributed by atoms with Gasteiger partial charge in [0, 0.05) is 37.3 Å². The predicted molar refractivity (Wildman–Crippen MR) is 109 cm³/mol. The fourth-order valence-corrected chi connectivity index (χ4v) is 4.24. The Kier molecular flexibility index (Phi) is 6.25. The maximum atomic E-state index is 13.4. The first-order valence-corrected chi connectivity index (χ1v) is 10.5. The van der Waals surface area contributed by atoms with Gasteiger partial charge in [-0.25, -0.2) is 9.37 Å². The second-order valence-electron chi connectivity index (χ2n) is 7.88. The number of nitrogens with one attached hydrogen (secondary N) is 1. The molecule has 0 bridgehead atoms. The van der Waals surface area contributed by atoms with E-state index in [1.165, 1.54) is 23.1 Å². The number of aromatic nitrogens is 1. The Bertz CT molecular complexity index is 972. The van der Waals surface area contributed by atoms with Crippen LogP contribution in [0.4, 0.5) is 4.39 Å². The lowest BCUT2D eigenvalue weighted by molar-refractivity contribution is -0.140. The van der Waals surface area contributed by atoms with Crippen molar-refractivity contribution >= 4 is 17.7 Å². The number of carbonyl (C=O) groups is 3. The molecule has 162 valence electrons. The highest BCUT2D eigenvalue weighted by atomic mass is 19.1. The third kappa shape index (κ3) is 4.73. The number of fused-ring (bicyclic) bond motifs is 1. The van der Waals surface area contributed by atoms with Crippen molar-refractivity contribution < 1.29 is 23.5 Å². The summed E-state index contributed by atoms with van der Waals surface area (Å²) in [5.41, 5.74) is 0.624. The van der Waals surface area contributed by atoms with E-state index in [2.05, 4.69) is 10.3 Å². The molecule has 4 rings (SSSR count). The summed E-state index contributed by atoms with van der Waals surface area (Å²) in [5, 5.41) is 2.77. The van der Waals surface area contributed by atoms with Gasteiger partial charge in [0.15, 0.2) is 0 Å². The van der Waals surface area contributed by atoms with Crippen LogP contribution in [0.5, 0.6) is 11.6 Å². The predicted octanol–water partition coefficient (Wildman–Crippen LogP) is 3.19. The first kappa shape index (κ1) is 21.0. The number of carbonyl (C=O) groups excluding carboxylic acids is 3. The molecule has 0 spiro atoms. The molecule has 1 saturated carbocycles. The number of amides is 3. The highest BCUT2D eigenvalue weighted by molar-refractivity contribution is 6.05. The number of hydrogen-bond acceptors (Lipinski definition) is 5. The zero-order valence-electron chi connectivity index (χ0n) is 17.1. The molecular weight excluding hydrogens is 401 g/mol. The molecule has 31 heavy (non-hydrogen) atoms. The van der Waals surface area contributed by atoms with E-state index in [-0.39, 0.29) is 54.9 Å². The topological polar surface area (TPSA) is 88.6 Å². The molecule has 0 radical (unpaired) electrons. The zero-order valence-corrected chi connectivity index (χ0v) is 17.1. The highest BCUT2D eigenvalue weighted by Gasteiger charge is 2.47. The minimum absolute atomic E-state index is 0.0390. The van der Waals surface area contributed by atoms with Crippen molar-refractivity contribution in [3.05, 3.63) is 54.0 Å². The molecule has 2 aromatic rings. The Morgan fingerprint density at radius 1 is 1.13 bits per heavy atom. The minimum Gasteiger partial charge on any atom is -0.439 e. The summed E-state index contributed by atoms with van der Waals surface area (Å²) in [6.45, 7) is 0.251. The van der Waals surface area contributed by atoms with Crippen molar-refractivity contribution in [2.24, 2.45) is 11.8 Å². The molecule has 2 aliphatic rings. The van der Waals surface area contributed by atoms with Crippen molar-refractivity contribution in [3.8, 4) is 11.6 Å². The molecule has 1 aromatic carbocycles. The first-order valence-electron chi connectivity index (χ1n) is 10.5. The fourth-order valence-electron chi connectivity index (χ4n) is 4.24. The largest absolute Gasteiger partial charge is 0.439 e. The van der Waals surface area contributed by atoms with E-state index in [9.17, 15) is 18.8 Å². The third-order valence-electron chi connectivity index (χ3n) is 5.83. The molecule has 1 N–H and O–H groups in total. The van der Waals surface area contributed by atoms with Crippen molar-refractivity contribution in [1.29, 1.82) is 0 Å². The Labute approximate surface area is 179 Å². The SMILES string of the molecule is O=C(CCN1C(=O)[C@@H]2CCCC[C@H]2C1=O)NCc1cccnc1Oc1cccc(F)c1. The molecule has 2 heterocycles. The van der Waals surface area contributed by atoms with E-state index < -0.39 is 5.82 Å². The molecule has 7 nitrogen and oxygen atoms in total. The number of hydrogen-bond donors (Lipinski definition) is 1. The molecule has 2 atom stereocenters. The lowest BCUT2D eigenvalue weighted by atomic mass is 9.81. The van der Waals surface area contributed by atoms with Gasteiger partial charge in [0.1, 0.15) is 11.6 Å². The second kappa shape index (κ2) is 9.24. The summed E-state index contributed by atoms with van der Waals surface area (Å²) in [4.78, 5) is 42.8. The number of halogens is 1. The summed E-state index contributed by atoms with van der Waals surface area (Å²) in [6.07, 6.45) is 5.04. The maximum Gasteiger partial charge on any atom is 0.233 e. The van der Waals surface area contributed by atoms with E-state index in [0.29, 0.717) is 11.3 Å². The van der Waals surface area contributed by atoms with Crippen LogP contribution in [0.1, 0.15) is 37.7 Å². The number of ether oxygens (including phenoxy) is 1. The van der Waals surface area contributed by atoms with Crippen molar-refractivity contribution in [3.63, 3.8) is 0 Å². The first-order chi connectivity index (χ1) is 15.0. The number of rotatable bonds is 7. The average Bonchev–Trinajstić information content (AvgIpc) is 3.02. The molecule has 1 aliphatic heterocycles. The zero-order chi connectivity index (χ0) is 21.8. The number of likely N-dealkylation sites (tertiary alicyclic amines) is 1. The summed E-state index contributed by atoms with van der Waals surface area (Å²) >= 11 is 0. The molecule has 2 fully saturated rings. The molecular formula is C23H24FN3O4. The van der Waals surface area contributed by atoms with E-state index in [4.69, 9.17) is 4.74 Å².